The molecule has 0 unspecified atom stereocenters. The molecule has 8 heteroatoms. The van der Waals surface area contributed by atoms with E-state index in [1.165, 1.54) is 6.92 Å². The molecular formula is C15H29BN2O5. The van der Waals surface area contributed by atoms with Gasteiger partial charge < -0.3 is 24.8 Å². The largest absolute Gasteiger partial charge is 0.394 e. The number of ether oxygens (including phenoxy) is 2. The number of hydrogen-bond acceptors (Lipinski definition) is 6. The number of Topliss-reactive ketones (excluding diaryl/α,β-unsaturated/α-hetero) is 1. The second-order valence-electron chi connectivity index (χ2n) is 5.26. The van der Waals surface area contributed by atoms with Crippen molar-refractivity contribution in [3.63, 3.8) is 0 Å². The number of carbonyl (C=O) groups excluding carboxylic acids is 2. The SMILES string of the molecule is [B]CCCC(=O)N(CC(C)=O)C[C@@H](COCCOCCO)NC. The van der Waals surface area contributed by atoms with Crippen LogP contribution < -0.4 is 5.32 Å². The summed E-state index contributed by atoms with van der Waals surface area (Å²) < 4.78 is 10.6. The molecule has 0 heterocycles. The fourth-order valence-corrected chi connectivity index (χ4v) is 1.94. The predicted octanol–water partition coefficient (Wildman–Crippen LogP) is -0.615. The van der Waals surface area contributed by atoms with Gasteiger partial charge in [-0.25, -0.2) is 0 Å². The number of rotatable bonds is 15. The minimum Gasteiger partial charge on any atom is -0.394 e. The maximum absolute atomic E-state index is 12.1. The Balaban J connectivity index is 4.26. The van der Waals surface area contributed by atoms with Gasteiger partial charge in [-0.3, -0.25) is 9.59 Å². The van der Waals surface area contributed by atoms with Gasteiger partial charge in [-0.1, -0.05) is 12.7 Å². The fourth-order valence-electron chi connectivity index (χ4n) is 1.94. The molecule has 0 rings (SSSR count). The normalized spacial score (nSPS) is 12.1. The summed E-state index contributed by atoms with van der Waals surface area (Å²) in [5, 5.41) is 11.7. The molecule has 0 aromatic carbocycles. The lowest BCUT2D eigenvalue weighted by Gasteiger charge is -2.27. The molecule has 132 valence electrons. The number of nitrogens with zero attached hydrogens (tertiary/aromatic N) is 1. The first-order valence-electron chi connectivity index (χ1n) is 7.96. The zero-order valence-electron chi connectivity index (χ0n) is 14.3. The van der Waals surface area contributed by atoms with Crippen molar-refractivity contribution in [2.24, 2.45) is 0 Å². The number of ketones is 1. The molecule has 0 fully saturated rings. The van der Waals surface area contributed by atoms with Crippen molar-refractivity contribution in [1.29, 1.82) is 0 Å². The molecule has 0 saturated carbocycles. The van der Waals surface area contributed by atoms with Crippen LogP contribution >= 0.6 is 0 Å². The highest BCUT2D eigenvalue weighted by Crippen LogP contribution is 2.03. The summed E-state index contributed by atoms with van der Waals surface area (Å²) >= 11 is 0. The van der Waals surface area contributed by atoms with Crippen LogP contribution in [-0.4, -0.2) is 88.8 Å². The van der Waals surface area contributed by atoms with Gasteiger partial charge in [-0.15, -0.1) is 0 Å². The van der Waals surface area contributed by atoms with E-state index in [9.17, 15) is 9.59 Å². The minimum absolute atomic E-state index is 0.00986. The molecule has 1 atom stereocenters. The average molecular weight is 328 g/mol. The first-order chi connectivity index (χ1) is 11.0. The Hall–Kier alpha value is -0.955. The quantitative estimate of drug-likeness (QED) is 0.308. The van der Waals surface area contributed by atoms with Crippen molar-refractivity contribution in [3.05, 3.63) is 0 Å². The number of likely N-dealkylation sites (N-methyl/N-ethyl adjacent to an activating group) is 1. The molecule has 2 N–H and O–H groups in total. The lowest BCUT2D eigenvalue weighted by molar-refractivity contribution is -0.135. The van der Waals surface area contributed by atoms with E-state index in [2.05, 4.69) is 5.32 Å². The first kappa shape index (κ1) is 22.0. The highest BCUT2D eigenvalue weighted by molar-refractivity contribution is 6.08. The first-order valence-corrected chi connectivity index (χ1v) is 7.96. The molecule has 0 saturated heterocycles. The highest BCUT2D eigenvalue weighted by Gasteiger charge is 2.19. The molecule has 2 radical (unpaired) electrons. The summed E-state index contributed by atoms with van der Waals surface area (Å²) in [5.41, 5.74) is 0. The summed E-state index contributed by atoms with van der Waals surface area (Å²) in [4.78, 5) is 25.0. The molecule has 0 aliphatic rings. The van der Waals surface area contributed by atoms with Crippen molar-refractivity contribution in [2.75, 3.05) is 53.2 Å². The van der Waals surface area contributed by atoms with Crippen LogP contribution in [0.2, 0.25) is 6.32 Å². The molecular weight excluding hydrogens is 299 g/mol. The summed E-state index contributed by atoms with van der Waals surface area (Å²) in [7, 11) is 7.21. The molecule has 7 nitrogen and oxygen atoms in total. The van der Waals surface area contributed by atoms with Crippen molar-refractivity contribution >= 4 is 19.5 Å². The van der Waals surface area contributed by atoms with E-state index < -0.39 is 0 Å². The molecule has 0 aliphatic heterocycles. The number of aliphatic hydroxyl groups excluding tert-OH is 1. The Morgan fingerprint density at radius 1 is 1.26 bits per heavy atom. The summed E-state index contributed by atoms with van der Waals surface area (Å²) in [6.45, 7) is 3.46. The van der Waals surface area contributed by atoms with Gasteiger partial charge in [0.15, 0.2) is 0 Å². The van der Waals surface area contributed by atoms with Crippen LogP contribution in [0.15, 0.2) is 0 Å². The van der Waals surface area contributed by atoms with E-state index in [1.54, 1.807) is 11.9 Å². The van der Waals surface area contributed by atoms with Crippen molar-refractivity contribution < 1.29 is 24.2 Å². The smallest absolute Gasteiger partial charge is 0.222 e. The highest BCUT2D eigenvalue weighted by atomic mass is 16.5. The number of nitrogens with one attached hydrogen (secondary N) is 1. The molecule has 0 spiro atoms. The lowest BCUT2D eigenvalue weighted by Crippen LogP contribution is -2.46. The topological polar surface area (TPSA) is 88.1 Å². The Morgan fingerprint density at radius 2 is 1.96 bits per heavy atom. The van der Waals surface area contributed by atoms with Crippen molar-refractivity contribution in [3.8, 4) is 0 Å². The standard InChI is InChI=1S/C15H29BN2O5/c1-13(20)10-18(15(21)4-3-5-16)11-14(17-2)12-23-9-8-22-7-6-19/h14,17,19H,3-12H2,1-2H3/t14-/m0/s1. The number of carbonyl (C=O) groups is 2. The third-order valence-corrected chi connectivity index (χ3v) is 3.14. The molecule has 0 aromatic heterocycles. The Morgan fingerprint density at radius 3 is 2.52 bits per heavy atom. The zero-order valence-corrected chi connectivity index (χ0v) is 14.3. The van der Waals surface area contributed by atoms with E-state index in [0.29, 0.717) is 52.1 Å². The Kier molecular flexibility index (Phi) is 14.0. The number of hydrogen-bond donors (Lipinski definition) is 2. The van der Waals surface area contributed by atoms with Crippen LogP contribution in [0.1, 0.15) is 19.8 Å². The molecule has 0 bridgehead atoms. The Labute approximate surface area is 140 Å². The molecule has 0 aliphatic carbocycles. The maximum Gasteiger partial charge on any atom is 0.222 e. The van der Waals surface area contributed by atoms with Crippen LogP contribution in [0.25, 0.3) is 0 Å². The number of aliphatic hydroxyl groups is 1. The number of amides is 1. The molecule has 23 heavy (non-hydrogen) atoms. The third-order valence-electron chi connectivity index (χ3n) is 3.14. The van der Waals surface area contributed by atoms with Crippen LogP contribution in [0.3, 0.4) is 0 Å². The van der Waals surface area contributed by atoms with E-state index in [-0.39, 0.29) is 30.9 Å². The van der Waals surface area contributed by atoms with Gasteiger partial charge >= 0.3 is 0 Å². The zero-order chi connectivity index (χ0) is 17.5. The maximum atomic E-state index is 12.1. The van der Waals surface area contributed by atoms with Gasteiger partial charge in [-0.2, -0.15) is 0 Å². The van der Waals surface area contributed by atoms with E-state index in [1.807, 2.05) is 0 Å². The monoisotopic (exact) mass is 328 g/mol. The molecule has 1 amide bonds. The Bertz CT molecular complexity index is 331. The van der Waals surface area contributed by atoms with Gasteiger partial charge in [0.05, 0.1) is 47.4 Å². The van der Waals surface area contributed by atoms with Crippen molar-refractivity contribution in [1.82, 2.24) is 10.2 Å². The van der Waals surface area contributed by atoms with Crippen LogP contribution in [0, 0.1) is 0 Å². The average Bonchev–Trinajstić information content (AvgIpc) is 2.53. The van der Waals surface area contributed by atoms with Crippen LogP contribution in [0.5, 0.6) is 0 Å². The van der Waals surface area contributed by atoms with E-state index >= 15 is 0 Å². The fraction of sp³-hybridized carbons (Fsp3) is 0.867. The van der Waals surface area contributed by atoms with Crippen LogP contribution in [0.4, 0.5) is 0 Å². The van der Waals surface area contributed by atoms with Gasteiger partial charge in [0.1, 0.15) is 5.78 Å². The van der Waals surface area contributed by atoms with E-state index in [0.717, 1.165) is 0 Å². The van der Waals surface area contributed by atoms with E-state index in [4.69, 9.17) is 22.4 Å². The minimum atomic E-state index is -0.0750. The van der Waals surface area contributed by atoms with Gasteiger partial charge in [0.2, 0.25) is 5.91 Å². The summed E-state index contributed by atoms with van der Waals surface area (Å²) in [5.74, 6) is -0.128. The van der Waals surface area contributed by atoms with Crippen molar-refractivity contribution in [2.45, 2.75) is 32.1 Å². The predicted molar refractivity (Wildman–Crippen MR) is 88.6 cm³/mol. The molecule has 0 aromatic rings. The lowest BCUT2D eigenvalue weighted by atomic mass is 10.00. The van der Waals surface area contributed by atoms with Crippen LogP contribution in [-0.2, 0) is 19.1 Å². The van der Waals surface area contributed by atoms with Gasteiger partial charge in [0.25, 0.3) is 0 Å². The second-order valence-corrected chi connectivity index (χ2v) is 5.26. The summed E-state index contributed by atoms with van der Waals surface area (Å²) in [6, 6.07) is -0.0750. The second kappa shape index (κ2) is 14.6. The third kappa shape index (κ3) is 12.2. The summed E-state index contributed by atoms with van der Waals surface area (Å²) in [6.07, 6.45) is 1.40. The van der Waals surface area contributed by atoms with Gasteiger partial charge in [-0.05, 0) is 14.0 Å². The van der Waals surface area contributed by atoms with Gasteiger partial charge in [0, 0.05) is 19.0 Å².